The van der Waals surface area contributed by atoms with E-state index in [1.54, 1.807) is 0 Å². The summed E-state index contributed by atoms with van der Waals surface area (Å²) in [5.41, 5.74) is 1.11. The van der Waals surface area contributed by atoms with Crippen LogP contribution in [0.4, 0.5) is 0 Å². The van der Waals surface area contributed by atoms with E-state index in [2.05, 4.69) is 22.9 Å². The molecule has 1 aromatic rings. The summed E-state index contributed by atoms with van der Waals surface area (Å²) >= 11 is 3.47. The van der Waals surface area contributed by atoms with E-state index >= 15 is 0 Å². The monoisotopic (exact) mass is 328 g/mol. The Balaban J connectivity index is 1.86. The van der Waals surface area contributed by atoms with Crippen LogP contribution in [0.15, 0.2) is 18.2 Å². The Hall–Kier alpha value is -0.740. The third-order valence-corrected chi connectivity index (χ3v) is 3.61. The highest BCUT2D eigenvalue weighted by atomic mass is 79.9. The molecule has 1 aliphatic rings. The second kappa shape index (κ2) is 7.75. The van der Waals surface area contributed by atoms with Gasteiger partial charge < -0.3 is 14.2 Å². The fourth-order valence-corrected chi connectivity index (χ4v) is 2.16. The van der Waals surface area contributed by atoms with Crippen molar-refractivity contribution in [3.63, 3.8) is 0 Å². The van der Waals surface area contributed by atoms with Crippen LogP contribution < -0.4 is 9.47 Å². The van der Waals surface area contributed by atoms with Crippen LogP contribution in [0.25, 0.3) is 0 Å². The van der Waals surface area contributed by atoms with Crippen molar-refractivity contribution < 1.29 is 14.2 Å². The quantitative estimate of drug-likeness (QED) is 0.387. The largest absolute Gasteiger partial charge is 0.493 e. The maximum atomic E-state index is 5.69. The highest BCUT2D eigenvalue weighted by Crippen LogP contribution is 2.29. The highest BCUT2D eigenvalue weighted by Gasteiger charge is 2.21. The Labute approximate surface area is 123 Å². The van der Waals surface area contributed by atoms with E-state index in [0.717, 1.165) is 47.9 Å². The Morgan fingerprint density at radius 3 is 2.79 bits per heavy atom. The van der Waals surface area contributed by atoms with Gasteiger partial charge in [-0.1, -0.05) is 28.9 Å². The summed E-state index contributed by atoms with van der Waals surface area (Å²) in [4.78, 5) is 0. The lowest BCUT2D eigenvalue weighted by Gasteiger charge is -2.12. The van der Waals surface area contributed by atoms with E-state index in [-0.39, 0.29) is 0 Å². The molecule has 3 nitrogen and oxygen atoms in total. The molecule has 19 heavy (non-hydrogen) atoms. The third kappa shape index (κ3) is 5.03. The lowest BCUT2D eigenvalue weighted by atomic mass is 10.2. The molecule has 1 saturated carbocycles. The van der Waals surface area contributed by atoms with Crippen LogP contribution in [0.1, 0.15) is 31.7 Å². The van der Waals surface area contributed by atoms with Crippen molar-refractivity contribution in [2.75, 3.05) is 20.0 Å². The maximum absolute atomic E-state index is 5.69. The smallest absolute Gasteiger partial charge is 0.189 e. The molecular formula is C15H21BrO3. The van der Waals surface area contributed by atoms with E-state index in [1.165, 1.54) is 12.8 Å². The Morgan fingerprint density at radius 2 is 2.11 bits per heavy atom. The predicted molar refractivity (Wildman–Crippen MR) is 79.0 cm³/mol. The van der Waals surface area contributed by atoms with E-state index in [9.17, 15) is 0 Å². The number of rotatable bonds is 9. The SMILES string of the molecule is CCCOc1ccc(CBr)c(OCOCC2CC2)c1. The highest BCUT2D eigenvalue weighted by molar-refractivity contribution is 9.08. The molecule has 0 unspecified atom stereocenters. The summed E-state index contributed by atoms with van der Waals surface area (Å²) in [5, 5.41) is 0.763. The minimum absolute atomic E-state index is 0.313. The van der Waals surface area contributed by atoms with Gasteiger partial charge in [0.25, 0.3) is 0 Å². The van der Waals surface area contributed by atoms with Gasteiger partial charge in [0.15, 0.2) is 6.79 Å². The van der Waals surface area contributed by atoms with E-state index < -0.39 is 0 Å². The average Bonchev–Trinajstić information content (AvgIpc) is 3.25. The van der Waals surface area contributed by atoms with Crippen LogP contribution in [0.5, 0.6) is 11.5 Å². The lowest BCUT2D eigenvalue weighted by Crippen LogP contribution is -2.06. The molecule has 0 aromatic heterocycles. The van der Waals surface area contributed by atoms with Gasteiger partial charge in [-0.3, -0.25) is 0 Å². The summed E-state index contributed by atoms with van der Waals surface area (Å²) in [6.07, 6.45) is 3.60. The number of hydrogen-bond donors (Lipinski definition) is 0. The van der Waals surface area contributed by atoms with Crippen molar-refractivity contribution in [2.45, 2.75) is 31.5 Å². The second-order valence-electron chi connectivity index (χ2n) is 4.83. The molecule has 4 heteroatoms. The molecule has 1 aliphatic carbocycles. The minimum atomic E-state index is 0.313. The van der Waals surface area contributed by atoms with Crippen molar-refractivity contribution in [1.82, 2.24) is 0 Å². The zero-order chi connectivity index (χ0) is 13.5. The molecule has 106 valence electrons. The molecule has 0 bridgehead atoms. The van der Waals surface area contributed by atoms with E-state index in [1.807, 2.05) is 18.2 Å². The van der Waals surface area contributed by atoms with Gasteiger partial charge in [-0.05, 0) is 31.2 Å². The topological polar surface area (TPSA) is 27.7 Å². The second-order valence-corrected chi connectivity index (χ2v) is 5.39. The maximum Gasteiger partial charge on any atom is 0.189 e. The van der Waals surface area contributed by atoms with Gasteiger partial charge in [-0.2, -0.15) is 0 Å². The number of benzene rings is 1. The van der Waals surface area contributed by atoms with Crippen molar-refractivity contribution in [2.24, 2.45) is 5.92 Å². The van der Waals surface area contributed by atoms with Gasteiger partial charge in [0, 0.05) is 17.0 Å². The van der Waals surface area contributed by atoms with Crippen molar-refractivity contribution in [3.05, 3.63) is 23.8 Å². The Bertz CT molecular complexity index is 391. The fraction of sp³-hybridized carbons (Fsp3) is 0.600. The van der Waals surface area contributed by atoms with Crippen LogP contribution in [-0.2, 0) is 10.1 Å². The van der Waals surface area contributed by atoms with Gasteiger partial charge >= 0.3 is 0 Å². The Morgan fingerprint density at radius 1 is 1.26 bits per heavy atom. The summed E-state index contributed by atoms with van der Waals surface area (Å²) in [6, 6.07) is 5.94. The lowest BCUT2D eigenvalue weighted by molar-refractivity contribution is 0.00947. The average molecular weight is 329 g/mol. The molecular weight excluding hydrogens is 308 g/mol. The zero-order valence-electron chi connectivity index (χ0n) is 11.4. The van der Waals surface area contributed by atoms with Crippen LogP contribution in [0, 0.1) is 5.92 Å². The first-order valence-corrected chi connectivity index (χ1v) is 7.98. The van der Waals surface area contributed by atoms with Crippen LogP contribution in [0.2, 0.25) is 0 Å². The summed E-state index contributed by atoms with van der Waals surface area (Å²) in [7, 11) is 0. The zero-order valence-corrected chi connectivity index (χ0v) is 12.9. The van der Waals surface area contributed by atoms with Gasteiger partial charge in [0.05, 0.1) is 13.2 Å². The first-order chi connectivity index (χ1) is 9.33. The molecule has 0 radical (unpaired) electrons. The summed E-state index contributed by atoms with van der Waals surface area (Å²) in [5.74, 6) is 2.45. The number of hydrogen-bond acceptors (Lipinski definition) is 3. The Kier molecular flexibility index (Phi) is 5.98. The number of halogens is 1. The van der Waals surface area contributed by atoms with Gasteiger partial charge in [0.2, 0.25) is 0 Å². The minimum Gasteiger partial charge on any atom is -0.493 e. The number of ether oxygens (including phenoxy) is 3. The first kappa shape index (κ1) is 14.7. The standard InChI is InChI=1S/C15H21BrO3/c1-2-7-18-14-6-5-13(9-16)15(8-14)19-11-17-10-12-3-4-12/h5-6,8,12H,2-4,7,9-11H2,1H3. The van der Waals surface area contributed by atoms with Crippen molar-refractivity contribution >= 4 is 15.9 Å². The molecule has 0 aliphatic heterocycles. The molecule has 0 amide bonds. The van der Waals surface area contributed by atoms with Gasteiger partial charge in [-0.25, -0.2) is 0 Å². The molecule has 1 fully saturated rings. The van der Waals surface area contributed by atoms with E-state index in [4.69, 9.17) is 14.2 Å². The molecule has 2 rings (SSSR count). The van der Waals surface area contributed by atoms with Crippen molar-refractivity contribution in [3.8, 4) is 11.5 Å². The molecule has 0 saturated heterocycles. The third-order valence-electron chi connectivity index (χ3n) is 3.00. The van der Waals surface area contributed by atoms with Crippen molar-refractivity contribution in [1.29, 1.82) is 0 Å². The summed E-state index contributed by atoms with van der Waals surface area (Å²) in [6.45, 7) is 3.95. The first-order valence-electron chi connectivity index (χ1n) is 6.85. The normalized spacial score (nSPS) is 14.4. The summed E-state index contributed by atoms with van der Waals surface area (Å²) < 4.78 is 16.8. The van der Waals surface area contributed by atoms with E-state index in [0.29, 0.717) is 6.79 Å². The molecule has 0 spiro atoms. The molecule has 0 atom stereocenters. The van der Waals surface area contributed by atoms with Gasteiger partial charge in [-0.15, -0.1) is 0 Å². The molecule has 0 N–H and O–H groups in total. The molecule has 0 heterocycles. The predicted octanol–water partition coefficient (Wildman–Crippen LogP) is 4.13. The number of alkyl halides is 1. The molecule has 1 aromatic carbocycles. The fourth-order valence-electron chi connectivity index (χ4n) is 1.69. The van der Waals surface area contributed by atoms with Crippen LogP contribution >= 0.6 is 15.9 Å². The van der Waals surface area contributed by atoms with Crippen LogP contribution in [0.3, 0.4) is 0 Å². The van der Waals surface area contributed by atoms with Gasteiger partial charge in [0.1, 0.15) is 11.5 Å². The van der Waals surface area contributed by atoms with Crippen LogP contribution in [-0.4, -0.2) is 20.0 Å².